The number of carbonyl (C=O) groups excluding carboxylic acids is 1. The van der Waals surface area contributed by atoms with Crippen LogP contribution in [0.1, 0.15) is 31.1 Å². The highest BCUT2D eigenvalue weighted by Gasteiger charge is 2.23. The Hall–Kier alpha value is -2.08. The molecule has 1 atom stereocenters. The highest BCUT2D eigenvalue weighted by atomic mass is 16.6. The van der Waals surface area contributed by atoms with E-state index in [2.05, 4.69) is 0 Å². The fourth-order valence-corrected chi connectivity index (χ4v) is 1.31. The van der Waals surface area contributed by atoms with Gasteiger partial charge >= 0.3 is 11.9 Å². The van der Waals surface area contributed by atoms with Gasteiger partial charge in [-0.25, -0.2) is 9.59 Å². The van der Waals surface area contributed by atoms with E-state index in [9.17, 15) is 14.7 Å². The van der Waals surface area contributed by atoms with Crippen LogP contribution in [0.25, 0.3) is 0 Å². The van der Waals surface area contributed by atoms with Gasteiger partial charge in [0.05, 0.1) is 5.56 Å². The Bertz CT molecular complexity index is 471. The summed E-state index contributed by atoms with van der Waals surface area (Å²) < 4.78 is 10.2. The van der Waals surface area contributed by atoms with E-state index in [1.807, 2.05) is 0 Å². The molecule has 0 radical (unpaired) electrons. The molecule has 1 rings (SSSR count). The lowest BCUT2D eigenvalue weighted by Crippen LogP contribution is -2.35. The van der Waals surface area contributed by atoms with Crippen LogP contribution in [-0.2, 0) is 9.53 Å². The normalized spacial score (nSPS) is 12.6. The van der Waals surface area contributed by atoms with E-state index in [4.69, 9.17) is 14.6 Å². The zero-order valence-electron chi connectivity index (χ0n) is 11.6. The summed E-state index contributed by atoms with van der Waals surface area (Å²) >= 11 is 0. The van der Waals surface area contributed by atoms with Gasteiger partial charge < -0.3 is 19.7 Å². The summed E-state index contributed by atoms with van der Waals surface area (Å²) in [5.74, 6) is -1.44. The third-order valence-electron chi connectivity index (χ3n) is 2.19. The molecule has 0 fully saturated rings. The monoisotopic (exact) mass is 282 g/mol. The van der Waals surface area contributed by atoms with Crippen molar-refractivity contribution >= 4 is 11.9 Å². The molecule has 0 aliphatic carbocycles. The van der Waals surface area contributed by atoms with E-state index < -0.39 is 23.6 Å². The van der Waals surface area contributed by atoms with Crippen molar-refractivity contribution in [2.24, 2.45) is 0 Å². The molecule has 0 spiro atoms. The number of aliphatic hydroxyl groups excluding tert-OH is 1. The molecular weight excluding hydrogens is 264 g/mol. The highest BCUT2D eigenvalue weighted by molar-refractivity contribution is 5.87. The maximum atomic E-state index is 11.5. The van der Waals surface area contributed by atoms with Gasteiger partial charge in [-0.15, -0.1) is 0 Å². The average Bonchev–Trinajstić information content (AvgIpc) is 2.34. The molecule has 0 aliphatic rings. The standard InChI is InChI=1S/C14H18O6/c1-14(2,3)20-13(18)11(15)8-19-10-6-4-9(5-7-10)12(16)17/h4-7,11,15H,8H2,1-3H3,(H,16,17). The number of rotatable bonds is 5. The summed E-state index contributed by atoms with van der Waals surface area (Å²) in [5, 5.41) is 18.3. The van der Waals surface area contributed by atoms with Crippen LogP contribution in [0.4, 0.5) is 0 Å². The Kier molecular flexibility index (Phi) is 5.10. The first-order valence-electron chi connectivity index (χ1n) is 6.06. The molecule has 0 saturated carbocycles. The van der Waals surface area contributed by atoms with E-state index in [0.29, 0.717) is 5.75 Å². The van der Waals surface area contributed by atoms with Crippen LogP contribution in [0.2, 0.25) is 0 Å². The van der Waals surface area contributed by atoms with Crippen molar-refractivity contribution in [2.75, 3.05) is 6.61 Å². The topological polar surface area (TPSA) is 93.1 Å². The van der Waals surface area contributed by atoms with Gasteiger partial charge in [-0.05, 0) is 45.0 Å². The minimum absolute atomic E-state index is 0.130. The summed E-state index contributed by atoms with van der Waals surface area (Å²) in [6, 6.07) is 5.64. The van der Waals surface area contributed by atoms with Crippen molar-refractivity contribution in [3.63, 3.8) is 0 Å². The van der Waals surface area contributed by atoms with Crippen LogP contribution >= 0.6 is 0 Å². The molecular formula is C14H18O6. The molecule has 0 bridgehead atoms. The molecule has 0 aliphatic heterocycles. The number of aliphatic hydroxyl groups is 1. The van der Waals surface area contributed by atoms with E-state index in [0.717, 1.165) is 0 Å². The van der Waals surface area contributed by atoms with Gasteiger partial charge in [0.25, 0.3) is 0 Å². The van der Waals surface area contributed by atoms with Crippen LogP contribution < -0.4 is 4.74 Å². The van der Waals surface area contributed by atoms with Crippen molar-refractivity contribution in [2.45, 2.75) is 32.5 Å². The largest absolute Gasteiger partial charge is 0.490 e. The van der Waals surface area contributed by atoms with Gasteiger partial charge in [0.2, 0.25) is 0 Å². The van der Waals surface area contributed by atoms with Crippen molar-refractivity contribution < 1.29 is 29.3 Å². The summed E-state index contributed by atoms with van der Waals surface area (Å²) in [7, 11) is 0. The maximum absolute atomic E-state index is 11.5. The number of ether oxygens (including phenoxy) is 2. The molecule has 1 aromatic rings. The lowest BCUT2D eigenvalue weighted by molar-refractivity contribution is -0.166. The van der Waals surface area contributed by atoms with E-state index in [1.54, 1.807) is 20.8 Å². The molecule has 0 saturated heterocycles. The number of esters is 1. The van der Waals surface area contributed by atoms with Crippen molar-refractivity contribution in [3.05, 3.63) is 29.8 Å². The fraction of sp³-hybridized carbons (Fsp3) is 0.429. The zero-order chi connectivity index (χ0) is 15.3. The summed E-state index contributed by atoms with van der Waals surface area (Å²) in [4.78, 5) is 22.2. The first-order chi connectivity index (χ1) is 9.19. The van der Waals surface area contributed by atoms with Crippen LogP contribution in [0, 0.1) is 0 Å². The van der Waals surface area contributed by atoms with Crippen LogP contribution in [0.5, 0.6) is 5.75 Å². The summed E-state index contributed by atoms with van der Waals surface area (Å²) in [6.07, 6.45) is -1.40. The lowest BCUT2D eigenvalue weighted by atomic mass is 10.2. The van der Waals surface area contributed by atoms with Crippen LogP contribution in [-0.4, -0.2) is 40.5 Å². The second kappa shape index (κ2) is 6.38. The van der Waals surface area contributed by atoms with E-state index >= 15 is 0 Å². The highest BCUT2D eigenvalue weighted by Crippen LogP contribution is 2.13. The van der Waals surface area contributed by atoms with Gasteiger partial charge in [0.15, 0.2) is 6.10 Å². The third kappa shape index (κ3) is 5.27. The van der Waals surface area contributed by atoms with Crippen molar-refractivity contribution in [1.82, 2.24) is 0 Å². The molecule has 1 aromatic carbocycles. The second-order valence-electron chi connectivity index (χ2n) is 5.19. The fourth-order valence-electron chi connectivity index (χ4n) is 1.31. The number of hydrogen-bond donors (Lipinski definition) is 2. The molecule has 1 unspecified atom stereocenters. The number of carboxylic acid groups (broad SMARTS) is 1. The smallest absolute Gasteiger partial charge is 0.339 e. The van der Waals surface area contributed by atoms with E-state index in [1.165, 1.54) is 24.3 Å². The molecule has 0 heterocycles. The van der Waals surface area contributed by atoms with Gasteiger partial charge in [0, 0.05) is 0 Å². The quantitative estimate of drug-likeness (QED) is 0.794. The summed E-state index contributed by atoms with van der Waals surface area (Å²) in [6.45, 7) is 4.83. The van der Waals surface area contributed by atoms with Crippen molar-refractivity contribution in [1.29, 1.82) is 0 Å². The first-order valence-corrected chi connectivity index (χ1v) is 6.06. The first kappa shape index (κ1) is 16.0. The average molecular weight is 282 g/mol. The van der Waals surface area contributed by atoms with Crippen molar-refractivity contribution in [3.8, 4) is 5.75 Å². The predicted octanol–water partition coefficient (Wildman–Crippen LogP) is 1.47. The molecule has 2 N–H and O–H groups in total. The molecule has 0 aromatic heterocycles. The number of benzene rings is 1. The molecule has 0 amide bonds. The van der Waals surface area contributed by atoms with E-state index in [-0.39, 0.29) is 12.2 Å². The number of hydrogen-bond acceptors (Lipinski definition) is 5. The number of aromatic carboxylic acids is 1. The molecule has 110 valence electrons. The predicted molar refractivity (Wildman–Crippen MR) is 70.7 cm³/mol. The Morgan fingerprint density at radius 2 is 1.75 bits per heavy atom. The third-order valence-corrected chi connectivity index (χ3v) is 2.19. The summed E-state index contributed by atoms with van der Waals surface area (Å²) in [5.41, 5.74) is -0.550. The number of carboxylic acids is 1. The van der Waals surface area contributed by atoms with Gasteiger partial charge in [0.1, 0.15) is 18.0 Å². The second-order valence-corrected chi connectivity index (χ2v) is 5.19. The Morgan fingerprint density at radius 1 is 1.20 bits per heavy atom. The van der Waals surface area contributed by atoms with Crippen LogP contribution in [0.15, 0.2) is 24.3 Å². The Morgan fingerprint density at radius 3 is 2.20 bits per heavy atom. The van der Waals surface area contributed by atoms with Gasteiger partial charge in [-0.2, -0.15) is 0 Å². The zero-order valence-corrected chi connectivity index (χ0v) is 11.6. The molecule has 20 heavy (non-hydrogen) atoms. The molecule has 6 heteroatoms. The Labute approximate surface area is 116 Å². The minimum atomic E-state index is -1.40. The lowest BCUT2D eigenvalue weighted by Gasteiger charge is -2.21. The van der Waals surface area contributed by atoms with Crippen LogP contribution in [0.3, 0.4) is 0 Å². The maximum Gasteiger partial charge on any atom is 0.339 e. The van der Waals surface area contributed by atoms with Gasteiger partial charge in [-0.3, -0.25) is 0 Å². The van der Waals surface area contributed by atoms with Gasteiger partial charge in [-0.1, -0.05) is 0 Å². The SMILES string of the molecule is CC(C)(C)OC(=O)C(O)COc1ccc(C(=O)O)cc1. The molecule has 6 nitrogen and oxygen atoms in total. The minimum Gasteiger partial charge on any atom is -0.490 e. The Balaban J connectivity index is 2.50. The number of carbonyl (C=O) groups is 2.